The summed E-state index contributed by atoms with van der Waals surface area (Å²) in [5.41, 5.74) is 2.83. The molecule has 1 aliphatic carbocycles. The molecular formula is C23H21ClN8O. The second-order valence-corrected chi connectivity index (χ2v) is 8.14. The highest BCUT2D eigenvalue weighted by atomic mass is 35.5. The lowest BCUT2D eigenvalue weighted by atomic mass is 10.1. The molecular weight excluding hydrogens is 440 g/mol. The van der Waals surface area contributed by atoms with E-state index in [4.69, 9.17) is 11.6 Å². The Kier molecular flexibility index (Phi) is 5.62. The predicted molar refractivity (Wildman–Crippen MR) is 127 cm³/mol. The highest BCUT2D eigenvalue weighted by molar-refractivity contribution is 6.29. The molecule has 0 unspecified atom stereocenters. The summed E-state index contributed by atoms with van der Waals surface area (Å²) < 4.78 is 0. The maximum Gasteiger partial charge on any atom is 0.255 e. The Morgan fingerprint density at radius 1 is 1.09 bits per heavy atom. The zero-order chi connectivity index (χ0) is 22.8. The van der Waals surface area contributed by atoms with Crippen molar-refractivity contribution in [2.45, 2.75) is 25.8 Å². The smallest absolute Gasteiger partial charge is 0.255 e. The molecule has 4 aromatic rings. The lowest BCUT2D eigenvalue weighted by Crippen LogP contribution is -2.17. The molecule has 1 saturated carbocycles. The van der Waals surface area contributed by atoms with Gasteiger partial charge < -0.3 is 15.6 Å². The molecule has 0 atom stereocenters. The highest BCUT2D eigenvalue weighted by Crippen LogP contribution is 2.36. The van der Waals surface area contributed by atoms with Crippen LogP contribution in [0.25, 0.3) is 0 Å². The molecule has 1 aliphatic rings. The molecule has 0 aliphatic heterocycles. The van der Waals surface area contributed by atoms with Gasteiger partial charge in [-0.1, -0.05) is 17.7 Å². The number of aryl methyl sites for hydroxylation is 1. The Hall–Kier alpha value is -3.98. The Morgan fingerprint density at radius 3 is 2.73 bits per heavy atom. The summed E-state index contributed by atoms with van der Waals surface area (Å²) in [6.45, 7) is 1.99. The molecule has 1 fully saturated rings. The van der Waals surface area contributed by atoms with Crippen LogP contribution in [0.15, 0.2) is 61.3 Å². The second kappa shape index (κ2) is 8.87. The van der Waals surface area contributed by atoms with Crippen LogP contribution >= 0.6 is 11.6 Å². The summed E-state index contributed by atoms with van der Waals surface area (Å²) in [6.07, 6.45) is 8.75. The number of aromatic nitrogens is 5. The molecule has 3 heterocycles. The molecule has 3 aromatic heterocycles. The Morgan fingerprint density at radius 2 is 1.97 bits per heavy atom. The van der Waals surface area contributed by atoms with Crippen LogP contribution in [0.4, 0.5) is 29.0 Å². The van der Waals surface area contributed by atoms with Gasteiger partial charge in [0.2, 0.25) is 5.95 Å². The Balaban J connectivity index is 1.50. The van der Waals surface area contributed by atoms with E-state index in [9.17, 15) is 4.79 Å². The maximum absolute atomic E-state index is 12.7. The molecule has 10 heteroatoms. The number of H-pyrrole nitrogens is 1. The topological polar surface area (TPSA) is 112 Å². The number of benzene rings is 1. The number of imidazole rings is 1. The van der Waals surface area contributed by atoms with Crippen molar-refractivity contribution >= 4 is 46.5 Å². The number of halogens is 1. The third-order valence-electron chi connectivity index (χ3n) is 5.20. The average molecular weight is 461 g/mol. The minimum absolute atomic E-state index is 0.260. The van der Waals surface area contributed by atoms with E-state index in [1.165, 1.54) is 18.6 Å². The van der Waals surface area contributed by atoms with Gasteiger partial charge in [0.1, 0.15) is 23.1 Å². The molecule has 33 heavy (non-hydrogen) atoms. The summed E-state index contributed by atoms with van der Waals surface area (Å²) in [5.74, 6) is 1.72. The fraction of sp³-hybridized carbons (Fsp3) is 0.174. The molecule has 0 bridgehead atoms. The van der Waals surface area contributed by atoms with Gasteiger partial charge in [0.15, 0.2) is 0 Å². The first-order valence-corrected chi connectivity index (χ1v) is 10.9. The van der Waals surface area contributed by atoms with Crippen LogP contribution in [-0.4, -0.2) is 36.9 Å². The van der Waals surface area contributed by atoms with Crippen LogP contribution in [-0.2, 0) is 0 Å². The van der Waals surface area contributed by atoms with E-state index in [1.54, 1.807) is 18.5 Å². The first kappa shape index (κ1) is 20.9. The van der Waals surface area contributed by atoms with Crippen molar-refractivity contribution in [2.75, 3.05) is 15.5 Å². The first-order valence-electron chi connectivity index (χ1n) is 10.5. The van der Waals surface area contributed by atoms with E-state index in [0.717, 1.165) is 29.9 Å². The molecule has 0 radical (unpaired) electrons. The minimum Gasteiger partial charge on any atom is -0.367 e. The van der Waals surface area contributed by atoms with Crippen molar-refractivity contribution < 1.29 is 4.79 Å². The van der Waals surface area contributed by atoms with Crippen LogP contribution in [0, 0.1) is 6.92 Å². The maximum atomic E-state index is 12.7. The van der Waals surface area contributed by atoms with Gasteiger partial charge in [0.05, 0.1) is 5.69 Å². The lowest BCUT2D eigenvalue weighted by Gasteiger charge is -2.24. The number of hydrogen-bond acceptors (Lipinski definition) is 7. The number of hydrogen-bond donors (Lipinski definition) is 3. The molecule has 9 nitrogen and oxygen atoms in total. The minimum atomic E-state index is -0.281. The Bertz CT molecular complexity index is 1290. The van der Waals surface area contributed by atoms with Crippen LogP contribution in [0.3, 0.4) is 0 Å². The molecule has 3 N–H and O–H groups in total. The number of carbonyl (C=O) groups is 1. The van der Waals surface area contributed by atoms with Crippen LogP contribution in [0.2, 0.25) is 5.15 Å². The van der Waals surface area contributed by atoms with Crippen molar-refractivity contribution in [3.05, 3.63) is 77.6 Å². The number of rotatable bonds is 7. The van der Waals surface area contributed by atoms with E-state index in [2.05, 4.69) is 35.6 Å². The first-order chi connectivity index (χ1) is 16.1. The van der Waals surface area contributed by atoms with Crippen molar-refractivity contribution in [2.24, 2.45) is 0 Å². The monoisotopic (exact) mass is 460 g/mol. The third-order valence-corrected chi connectivity index (χ3v) is 5.41. The fourth-order valence-electron chi connectivity index (χ4n) is 3.39. The van der Waals surface area contributed by atoms with E-state index < -0.39 is 0 Å². The zero-order valence-electron chi connectivity index (χ0n) is 17.8. The molecule has 1 aromatic carbocycles. The SMILES string of the molecule is Cc1ccc(NC(=O)c2ccnc(Cl)c2)cc1N(c1cc(NC2CC2)ncn1)c1ncc[nH]1. The van der Waals surface area contributed by atoms with Crippen LogP contribution in [0.1, 0.15) is 28.8 Å². The second-order valence-electron chi connectivity index (χ2n) is 7.75. The highest BCUT2D eigenvalue weighted by Gasteiger charge is 2.23. The van der Waals surface area contributed by atoms with Gasteiger partial charge >= 0.3 is 0 Å². The van der Waals surface area contributed by atoms with Crippen molar-refractivity contribution in [1.82, 2.24) is 24.9 Å². The van der Waals surface area contributed by atoms with Crippen LogP contribution in [0.5, 0.6) is 0 Å². The summed E-state index contributed by atoms with van der Waals surface area (Å²) in [5, 5.41) is 6.58. The number of amides is 1. The number of pyridine rings is 1. The number of nitrogens with one attached hydrogen (secondary N) is 3. The van der Waals surface area contributed by atoms with Gasteiger partial charge in [0, 0.05) is 41.9 Å². The largest absolute Gasteiger partial charge is 0.367 e. The molecule has 1 amide bonds. The number of aromatic amines is 1. The standard InChI is InChI=1S/C23H21ClN8O/c1-14-2-3-17(31-22(33)15-6-7-25-19(24)10-15)11-18(14)32(23-26-8-9-27-23)21-12-20(28-13-29-21)30-16-4-5-16/h2-3,6-13,16H,4-5H2,1H3,(H,26,27)(H,31,33)(H,28,29,30). The number of anilines is 5. The average Bonchev–Trinajstić information content (AvgIpc) is 3.46. The van der Waals surface area contributed by atoms with Crippen molar-refractivity contribution in [3.63, 3.8) is 0 Å². The fourth-order valence-corrected chi connectivity index (χ4v) is 3.56. The van der Waals surface area contributed by atoms with E-state index in [0.29, 0.717) is 29.1 Å². The van der Waals surface area contributed by atoms with Gasteiger partial charge in [-0.05, 0) is 49.6 Å². The zero-order valence-corrected chi connectivity index (χ0v) is 18.5. The normalized spacial score (nSPS) is 12.9. The molecule has 0 saturated heterocycles. The molecule has 5 rings (SSSR count). The van der Waals surface area contributed by atoms with Gasteiger partial charge in [0.25, 0.3) is 5.91 Å². The summed E-state index contributed by atoms with van der Waals surface area (Å²) >= 11 is 5.93. The summed E-state index contributed by atoms with van der Waals surface area (Å²) in [7, 11) is 0. The van der Waals surface area contributed by atoms with Crippen molar-refractivity contribution in [3.8, 4) is 0 Å². The summed E-state index contributed by atoms with van der Waals surface area (Å²) in [6, 6.07) is 11.2. The molecule has 0 spiro atoms. The predicted octanol–water partition coefficient (Wildman–Crippen LogP) is 4.85. The Labute approximate surface area is 195 Å². The van der Waals surface area contributed by atoms with E-state index in [-0.39, 0.29) is 11.1 Å². The van der Waals surface area contributed by atoms with Crippen LogP contribution < -0.4 is 15.5 Å². The quantitative estimate of drug-likeness (QED) is 0.338. The van der Waals surface area contributed by atoms with E-state index >= 15 is 0 Å². The molecule has 166 valence electrons. The van der Waals surface area contributed by atoms with Gasteiger partial charge in [-0.15, -0.1) is 0 Å². The van der Waals surface area contributed by atoms with Gasteiger partial charge in [-0.25, -0.2) is 19.9 Å². The van der Waals surface area contributed by atoms with Gasteiger partial charge in [-0.2, -0.15) is 0 Å². The van der Waals surface area contributed by atoms with E-state index in [1.807, 2.05) is 36.1 Å². The number of carbonyl (C=O) groups excluding carboxylic acids is 1. The number of nitrogens with zero attached hydrogens (tertiary/aromatic N) is 5. The summed E-state index contributed by atoms with van der Waals surface area (Å²) in [4.78, 5) is 35.0. The van der Waals surface area contributed by atoms with Gasteiger partial charge in [-0.3, -0.25) is 9.69 Å². The third kappa shape index (κ3) is 4.78. The lowest BCUT2D eigenvalue weighted by molar-refractivity contribution is 0.102. The van der Waals surface area contributed by atoms with Crippen molar-refractivity contribution in [1.29, 1.82) is 0 Å².